The predicted molar refractivity (Wildman–Crippen MR) is 334 cm³/mol. The number of aliphatic carboxylic acids is 1. The number of H-pyrrole nitrogens is 1. The Kier molecular flexibility index (Phi) is 21.0. The summed E-state index contributed by atoms with van der Waals surface area (Å²) >= 11 is -1.38. The average molecular weight is 1300 g/mol. The fraction of sp³-hybridized carbons (Fsp3) is 0.460. The first kappa shape index (κ1) is 66.2. The van der Waals surface area contributed by atoms with Crippen LogP contribution in [-0.2, 0) is 44.7 Å². The minimum Gasteiger partial charge on any atom is -0.480 e. The van der Waals surface area contributed by atoms with E-state index in [2.05, 4.69) is 40.3 Å². The highest BCUT2D eigenvalue weighted by atomic mass is 32.2. The van der Waals surface area contributed by atoms with E-state index >= 15 is 8.78 Å². The molecule has 3 aromatic carbocycles. The summed E-state index contributed by atoms with van der Waals surface area (Å²) in [5.74, 6) is -6.73. The largest absolute Gasteiger partial charge is 0.480 e. The van der Waals surface area contributed by atoms with E-state index < -0.39 is 113 Å². The van der Waals surface area contributed by atoms with Crippen molar-refractivity contribution in [2.45, 2.75) is 83.8 Å². The molecule has 10 rings (SSSR count). The van der Waals surface area contributed by atoms with Crippen LogP contribution < -0.4 is 19.9 Å². The number of anilines is 2. The number of nitrogens with zero attached hydrogens (tertiary/aromatic N) is 8. The van der Waals surface area contributed by atoms with Gasteiger partial charge >= 0.3 is 11.9 Å². The number of likely N-dealkylation sites (tertiary alicyclic amines) is 2. The van der Waals surface area contributed by atoms with Crippen LogP contribution in [-0.4, -0.2) is 205 Å². The third-order valence-electron chi connectivity index (χ3n) is 17.1. The molecule has 6 aromatic rings. The Bertz CT molecular complexity index is 3650. The van der Waals surface area contributed by atoms with Gasteiger partial charge in [-0.15, -0.1) is 11.3 Å². The van der Waals surface area contributed by atoms with Gasteiger partial charge in [0.2, 0.25) is 23.5 Å². The number of fused-ring (bicyclic) bond motifs is 1. The number of carbonyl (C=O) groups excluding carboxylic acids is 5. The number of alkyl halides is 1. The molecule has 23 nitrogen and oxygen atoms in total. The van der Waals surface area contributed by atoms with Crippen LogP contribution in [0.3, 0.4) is 0 Å². The zero-order chi connectivity index (χ0) is 64.8. The average Bonchev–Trinajstić information content (AvgIpc) is 1.76. The minimum absolute atomic E-state index is 0.0139. The van der Waals surface area contributed by atoms with E-state index in [0.717, 1.165) is 90.1 Å². The van der Waals surface area contributed by atoms with Crippen molar-refractivity contribution < 1.29 is 70.4 Å². The van der Waals surface area contributed by atoms with Gasteiger partial charge in [0, 0.05) is 86.8 Å². The number of amides is 3. The number of hydrazine groups is 1. The molecular weight excluding hydrogens is 1220 g/mol. The molecule has 0 spiro atoms. The van der Waals surface area contributed by atoms with Crippen molar-refractivity contribution in [1.29, 1.82) is 0 Å². The SMILES string of the molecule is Cc1ncsc1-c1ccc([C@H](COC(=O)COCC(=O)O)NC(=O)[C@@H]2C[C@@H](O)CN2C(=O)[C@@H](NC(=O)CN2CCC(CN3CCN(c4ccc(-c5cnc6[nH]cc(C(=O)c7c(F)ccc(N(N8CC[C@@H](F)C8)S(=O)O)c7F)c6c5)cc4)CC3)CC2)C(C)(C)C)cc1. The Balaban J connectivity index is 0.697. The molecular formula is C63H74F3N11O12S2. The molecule has 4 aliphatic heterocycles. The van der Waals surface area contributed by atoms with E-state index in [4.69, 9.17) is 14.6 Å². The second-order valence-electron chi connectivity index (χ2n) is 24.5. The highest BCUT2D eigenvalue weighted by Crippen LogP contribution is 2.35. The number of aliphatic hydroxyl groups excluding tert-OH is 1. The molecule has 7 heterocycles. The fourth-order valence-corrected chi connectivity index (χ4v) is 13.7. The quantitative estimate of drug-likeness (QED) is 0.0247. The number of piperidine rings is 1. The number of aliphatic hydroxyl groups is 1. The summed E-state index contributed by atoms with van der Waals surface area (Å²) in [6, 6.07) is 15.5. The van der Waals surface area contributed by atoms with E-state index in [9.17, 15) is 47.0 Å². The lowest BCUT2D eigenvalue weighted by Gasteiger charge is -2.40. The van der Waals surface area contributed by atoms with Crippen molar-refractivity contribution in [2.75, 3.05) is 101 Å². The first-order valence-electron chi connectivity index (χ1n) is 30.1. The number of carboxylic acids is 1. The molecule has 0 saturated carbocycles. The second-order valence-corrected chi connectivity index (χ2v) is 26.2. The summed E-state index contributed by atoms with van der Waals surface area (Å²) in [6.07, 6.45) is 2.32. The summed E-state index contributed by atoms with van der Waals surface area (Å²) in [7, 11) is 0. The number of aryl methyl sites for hydroxylation is 1. The van der Waals surface area contributed by atoms with Crippen LogP contribution in [0.1, 0.15) is 79.7 Å². The maximum Gasteiger partial charge on any atom is 0.332 e. The Morgan fingerprint density at radius 3 is 2.23 bits per heavy atom. The smallest absolute Gasteiger partial charge is 0.332 e. The van der Waals surface area contributed by atoms with Crippen molar-refractivity contribution in [3.8, 4) is 21.6 Å². The molecule has 91 heavy (non-hydrogen) atoms. The highest BCUT2D eigenvalue weighted by Gasteiger charge is 2.45. The number of thiazole rings is 1. The number of carbonyl (C=O) groups is 6. The first-order valence-corrected chi connectivity index (χ1v) is 32.1. The number of aromatic nitrogens is 3. The number of hydrogen-bond donors (Lipinski definition) is 6. The maximum absolute atomic E-state index is 16.1. The fourth-order valence-electron chi connectivity index (χ4n) is 12.2. The highest BCUT2D eigenvalue weighted by molar-refractivity contribution is 7.80. The van der Waals surface area contributed by atoms with Crippen LogP contribution in [0.5, 0.6) is 0 Å². The topological polar surface area (TPSA) is 284 Å². The van der Waals surface area contributed by atoms with Gasteiger partial charge in [0.25, 0.3) is 11.3 Å². The number of hydrogen-bond acceptors (Lipinski definition) is 17. The van der Waals surface area contributed by atoms with Crippen LogP contribution in [0.15, 0.2) is 84.6 Å². The Morgan fingerprint density at radius 2 is 1.58 bits per heavy atom. The number of β-amino-alcohol motifs (C(OH)–C–C–N with tert-alkyl or cyclic N) is 1. The molecule has 0 aliphatic carbocycles. The van der Waals surface area contributed by atoms with E-state index in [1.807, 2.05) is 64.1 Å². The second kappa shape index (κ2) is 28.9. The van der Waals surface area contributed by atoms with Crippen LogP contribution in [0.4, 0.5) is 24.5 Å². The van der Waals surface area contributed by atoms with Crippen molar-refractivity contribution in [3.05, 3.63) is 119 Å². The predicted octanol–water partition coefficient (Wildman–Crippen LogP) is 5.90. The number of rotatable bonds is 23. The van der Waals surface area contributed by atoms with Gasteiger partial charge in [-0.25, -0.2) is 41.9 Å². The third kappa shape index (κ3) is 15.8. The molecule has 3 amide bonds. The Morgan fingerprint density at radius 1 is 0.868 bits per heavy atom. The van der Waals surface area contributed by atoms with Gasteiger partial charge in [0.15, 0.2) is 5.82 Å². The van der Waals surface area contributed by atoms with Gasteiger partial charge in [-0.3, -0.25) is 33.5 Å². The number of aromatic amines is 1. The number of pyridine rings is 1. The standard InChI is InChI=1S/C63H74F3N11O12S2/c1-37-58(90-36-69-37)41-7-5-40(6-8-41)49(33-89-54(82)35-88-34-53(80)81)70-61(84)51-26-45(78)31-76(51)62(85)59(63(2,3)4)71-52(79)32-72-18-15-38(16-19-72)29-73-21-23-74(24-22-73)44-11-9-39(10-12-44)42-25-46-47(28-68-60(46)67-27-42)57(83)55-48(65)13-14-50(56(55)66)77(91(86)87)75-20-17-43(64)30-75/h5-14,25,27-28,36,38,43,45,49,51,59,78H,15-24,26,29-35H2,1-4H3,(H,67,68)(H,70,84)(H,71,79)(H,80,81)(H,86,87)/t43-,45-,49+,51+,59-/m1/s1. The molecule has 1 unspecified atom stereocenters. The van der Waals surface area contributed by atoms with Gasteiger partial charge in [0.05, 0.1) is 46.9 Å². The molecule has 0 radical (unpaired) electrons. The monoisotopic (exact) mass is 1300 g/mol. The molecule has 3 aromatic heterocycles. The molecule has 6 atom stereocenters. The summed E-state index contributed by atoms with van der Waals surface area (Å²) in [6.45, 7) is 10.9. The number of ketones is 1. The van der Waals surface area contributed by atoms with E-state index in [1.54, 1.807) is 29.9 Å². The maximum atomic E-state index is 16.1. The summed E-state index contributed by atoms with van der Waals surface area (Å²) in [5.41, 5.74) is 4.46. The van der Waals surface area contributed by atoms with Crippen molar-refractivity contribution >= 4 is 80.5 Å². The normalized spacial score (nSPS) is 19.7. The number of halogens is 3. The van der Waals surface area contributed by atoms with Gasteiger partial charge in [-0.2, -0.15) is 4.41 Å². The summed E-state index contributed by atoms with van der Waals surface area (Å²) < 4.78 is 78.9. The number of benzene rings is 3. The first-order chi connectivity index (χ1) is 43.5. The van der Waals surface area contributed by atoms with Crippen molar-refractivity contribution in [2.24, 2.45) is 11.3 Å². The van der Waals surface area contributed by atoms with Crippen molar-refractivity contribution in [3.63, 3.8) is 0 Å². The summed E-state index contributed by atoms with van der Waals surface area (Å²) in [5, 5.41) is 27.2. The Hall–Kier alpha value is -7.70. The van der Waals surface area contributed by atoms with E-state index in [-0.39, 0.29) is 57.1 Å². The van der Waals surface area contributed by atoms with Gasteiger partial charge in [-0.05, 0) is 97.6 Å². The van der Waals surface area contributed by atoms with Gasteiger partial charge < -0.3 is 45.1 Å². The molecule has 4 aliphatic rings. The minimum atomic E-state index is -2.85. The molecule has 4 saturated heterocycles. The van der Waals surface area contributed by atoms with Crippen LogP contribution in [0.2, 0.25) is 0 Å². The number of ether oxygens (including phenoxy) is 2. The zero-order valence-corrected chi connectivity index (χ0v) is 52.5. The lowest BCUT2D eigenvalue weighted by atomic mass is 9.85. The van der Waals surface area contributed by atoms with Crippen LogP contribution >= 0.6 is 11.3 Å². The molecule has 4 fully saturated rings. The Labute approximate surface area is 530 Å². The lowest BCUT2D eigenvalue weighted by molar-refractivity contribution is -0.154. The molecule has 486 valence electrons. The number of carboxylic acid groups (broad SMARTS) is 1. The number of piperazine rings is 1. The van der Waals surface area contributed by atoms with Gasteiger partial charge in [0.1, 0.15) is 55.2 Å². The van der Waals surface area contributed by atoms with Crippen LogP contribution in [0.25, 0.3) is 32.6 Å². The number of esters is 1. The molecule has 28 heteroatoms. The lowest BCUT2D eigenvalue weighted by Crippen LogP contribution is -2.59. The van der Waals surface area contributed by atoms with Crippen molar-refractivity contribution in [1.82, 2.24) is 45.3 Å². The van der Waals surface area contributed by atoms with Gasteiger partial charge in [-0.1, -0.05) is 57.2 Å². The molecule has 6 N–H and O–H groups in total. The number of nitrogens with one attached hydrogen (secondary N) is 3. The molecule has 0 bridgehead atoms. The van der Waals surface area contributed by atoms with E-state index in [1.165, 1.54) is 22.4 Å². The summed E-state index contributed by atoms with van der Waals surface area (Å²) in [4.78, 5) is 101. The van der Waals surface area contributed by atoms with Crippen LogP contribution in [0, 0.1) is 29.9 Å². The third-order valence-corrected chi connectivity index (χ3v) is 18.8. The zero-order valence-electron chi connectivity index (χ0n) is 50.8. The van der Waals surface area contributed by atoms with E-state index in [0.29, 0.717) is 45.6 Å².